The van der Waals surface area contributed by atoms with Crippen molar-refractivity contribution in [2.45, 2.75) is 40.0 Å². The molecule has 0 saturated carbocycles. The fraction of sp³-hybridized carbons (Fsp3) is 0.462. The molecule has 0 heteroatoms. The molecule has 0 aromatic heterocycles. The van der Waals surface area contributed by atoms with Crippen LogP contribution in [0.1, 0.15) is 40.0 Å². The molecule has 0 aliphatic heterocycles. The summed E-state index contributed by atoms with van der Waals surface area (Å²) in [6.45, 7) is 10.2. The zero-order chi connectivity index (χ0) is 10.1. The lowest BCUT2D eigenvalue weighted by Crippen LogP contribution is -1.75. The Morgan fingerprint density at radius 2 is 2.00 bits per heavy atom. The largest absolute Gasteiger partial charge is 0.122 e. The molecule has 0 N–H and O–H groups in total. The van der Waals surface area contributed by atoms with Crippen molar-refractivity contribution in [2.24, 2.45) is 0 Å². The minimum atomic E-state index is 0.991. The van der Waals surface area contributed by atoms with Gasteiger partial charge in [0.05, 0.1) is 0 Å². The molecule has 72 valence electrons. The molecule has 0 bridgehead atoms. The smallest absolute Gasteiger partial charge is 0.00696 e. The van der Waals surface area contributed by atoms with Crippen molar-refractivity contribution in [1.29, 1.82) is 0 Å². The molecule has 0 unspecified atom stereocenters. The molecular weight excluding hydrogens is 156 g/mol. The van der Waals surface area contributed by atoms with Gasteiger partial charge in [0, 0.05) is 0 Å². The van der Waals surface area contributed by atoms with E-state index in [2.05, 4.69) is 38.3 Å². The van der Waals surface area contributed by atoms with Crippen molar-refractivity contribution in [3.05, 3.63) is 41.7 Å². The molecule has 0 nitrogen and oxygen atoms in total. The van der Waals surface area contributed by atoms with E-state index in [0.29, 0.717) is 0 Å². The summed E-state index contributed by atoms with van der Waals surface area (Å²) in [7, 11) is 0. The summed E-state index contributed by atoms with van der Waals surface area (Å²) < 4.78 is 0. The van der Waals surface area contributed by atoms with Gasteiger partial charge in [0.25, 0.3) is 0 Å². The lowest BCUT2D eigenvalue weighted by atomic mass is 10.1. The minimum Gasteiger partial charge on any atom is -0.122 e. The number of hydrogen-bond acceptors (Lipinski definition) is 0. The standard InChI is InChI=1S/C13H20/c1-5-9-13(7-3)11-8-10-12(4)6-2/h5,8,11H,4,6-7,10H2,1-3H3. The molecule has 0 fully saturated rings. The Morgan fingerprint density at radius 3 is 2.46 bits per heavy atom. The molecule has 0 aromatic rings. The Bertz CT molecular complexity index is 235. The molecule has 0 amide bonds. The second kappa shape index (κ2) is 7.64. The Labute approximate surface area is 82.4 Å². The molecule has 0 spiro atoms. The predicted octanol–water partition coefficient (Wildman–Crippen LogP) is 4.41. The minimum absolute atomic E-state index is 0.991. The zero-order valence-electron chi connectivity index (χ0n) is 9.06. The molecule has 0 saturated heterocycles. The van der Waals surface area contributed by atoms with Gasteiger partial charge in [0.15, 0.2) is 0 Å². The Balaban J connectivity index is 4.10. The van der Waals surface area contributed by atoms with Crippen LogP contribution in [0.2, 0.25) is 0 Å². The first-order chi connectivity index (χ1) is 6.24. The lowest BCUT2D eigenvalue weighted by molar-refractivity contribution is 1.04. The normalized spacial score (nSPS) is 9.77. The van der Waals surface area contributed by atoms with E-state index in [-0.39, 0.29) is 0 Å². The fourth-order valence-corrected chi connectivity index (χ4v) is 0.966. The highest BCUT2D eigenvalue weighted by Gasteiger charge is 1.87. The van der Waals surface area contributed by atoms with Crippen LogP contribution in [0.5, 0.6) is 0 Å². The molecule has 0 aliphatic carbocycles. The van der Waals surface area contributed by atoms with Crippen LogP contribution in [-0.2, 0) is 0 Å². The monoisotopic (exact) mass is 176 g/mol. The highest BCUT2D eigenvalue weighted by atomic mass is 13.9. The predicted molar refractivity (Wildman–Crippen MR) is 60.7 cm³/mol. The summed E-state index contributed by atoms with van der Waals surface area (Å²) in [5, 5.41) is 0. The van der Waals surface area contributed by atoms with Crippen molar-refractivity contribution in [1.82, 2.24) is 0 Å². The first kappa shape index (κ1) is 12.0. The molecule has 0 radical (unpaired) electrons. The van der Waals surface area contributed by atoms with E-state index in [1.165, 1.54) is 11.1 Å². The van der Waals surface area contributed by atoms with Crippen LogP contribution in [0.4, 0.5) is 0 Å². The molecule has 13 heavy (non-hydrogen) atoms. The maximum Gasteiger partial charge on any atom is -0.00696 e. The van der Waals surface area contributed by atoms with Gasteiger partial charge in [-0.2, -0.15) is 0 Å². The average Bonchev–Trinajstić information content (AvgIpc) is 2.16. The SMILES string of the molecule is C=C(CC)CC=CC(=C=CC)CC. The Kier molecular flexibility index (Phi) is 7.05. The highest BCUT2D eigenvalue weighted by Crippen LogP contribution is 2.06. The number of allylic oxidation sites excluding steroid dienone is 4. The lowest BCUT2D eigenvalue weighted by Gasteiger charge is -1.95. The van der Waals surface area contributed by atoms with E-state index < -0.39 is 0 Å². The molecule has 0 rings (SSSR count). The topological polar surface area (TPSA) is 0 Å². The fourth-order valence-electron chi connectivity index (χ4n) is 0.966. The van der Waals surface area contributed by atoms with Crippen LogP contribution in [0, 0.1) is 0 Å². The molecule has 0 heterocycles. The number of rotatable bonds is 5. The van der Waals surface area contributed by atoms with Gasteiger partial charge in [-0.05, 0) is 37.8 Å². The third kappa shape index (κ3) is 6.19. The summed E-state index contributed by atoms with van der Waals surface area (Å²) in [4.78, 5) is 0. The summed E-state index contributed by atoms with van der Waals surface area (Å²) in [6, 6.07) is 0. The summed E-state index contributed by atoms with van der Waals surface area (Å²) in [5.74, 6) is 0. The molecule has 0 aliphatic rings. The summed E-state index contributed by atoms with van der Waals surface area (Å²) in [5.41, 5.74) is 5.74. The summed E-state index contributed by atoms with van der Waals surface area (Å²) >= 11 is 0. The van der Waals surface area contributed by atoms with Gasteiger partial charge in [-0.25, -0.2) is 0 Å². The van der Waals surface area contributed by atoms with Gasteiger partial charge in [0.2, 0.25) is 0 Å². The average molecular weight is 176 g/mol. The Morgan fingerprint density at radius 1 is 1.31 bits per heavy atom. The van der Waals surface area contributed by atoms with E-state index in [4.69, 9.17) is 0 Å². The van der Waals surface area contributed by atoms with Crippen molar-refractivity contribution in [3.8, 4) is 0 Å². The van der Waals surface area contributed by atoms with Gasteiger partial charge < -0.3 is 0 Å². The highest BCUT2D eigenvalue weighted by molar-refractivity contribution is 5.19. The van der Waals surface area contributed by atoms with E-state index in [0.717, 1.165) is 19.3 Å². The van der Waals surface area contributed by atoms with Gasteiger partial charge in [-0.15, -0.1) is 5.73 Å². The van der Waals surface area contributed by atoms with Crippen molar-refractivity contribution >= 4 is 0 Å². The van der Waals surface area contributed by atoms with Gasteiger partial charge in [0.1, 0.15) is 0 Å². The number of hydrogen-bond donors (Lipinski definition) is 0. The molecule has 0 atom stereocenters. The molecular formula is C13H20. The van der Waals surface area contributed by atoms with Crippen LogP contribution in [0.3, 0.4) is 0 Å². The van der Waals surface area contributed by atoms with Crippen molar-refractivity contribution in [2.75, 3.05) is 0 Å². The zero-order valence-corrected chi connectivity index (χ0v) is 9.06. The van der Waals surface area contributed by atoms with Crippen LogP contribution < -0.4 is 0 Å². The van der Waals surface area contributed by atoms with Gasteiger partial charge in [-0.3, -0.25) is 0 Å². The summed E-state index contributed by atoms with van der Waals surface area (Å²) in [6.07, 6.45) is 9.36. The second-order valence-electron chi connectivity index (χ2n) is 3.02. The maximum atomic E-state index is 3.95. The first-order valence-corrected chi connectivity index (χ1v) is 4.97. The quantitative estimate of drug-likeness (QED) is 0.330. The van der Waals surface area contributed by atoms with Crippen LogP contribution >= 0.6 is 0 Å². The first-order valence-electron chi connectivity index (χ1n) is 4.97. The van der Waals surface area contributed by atoms with Crippen LogP contribution in [0.25, 0.3) is 0 Å². The van der Waals surface area contributed by atoms with Crippen molar-refractivity contribution < 1.29 is 0 Å². The van der Waals surface area contributed by atoms with E-state index in [1.807, 2.05) is 13.0 Å². The molecule has 0 aromatic carbocycles. The third-order valence-electron chi connectivity index (χ3n) is 1.94. The van der Waals surface area contributed by atoms with Gasteiger partial charge >= 0.3 is 0 Å². The maximum absolute atomic E-state index is 3.95. The van der Waals surface area contributed by atoms with E-state index in [1.54, 1.807) is 0 Å². The van der Waals surface area contributed by atoms with Crippen molar-refractivity contribution in [3.63, 3.8) is 0 Å². The Hall–Kier alpha value is -1.00. The second-order valence-corrected chi connectivity index (χ2v) is 3.02. The van der Waals surface area contributed by atoms with E-state index >= 15 is 0 Å². The van der Waals surface area contributed by atoms with E-state index in [9.17, 15) is 0 Å². The third-order valence-corrected chi connectivity index (χ3v) is 1.94. The van der Waals surface area contributed by atoms with Gasteiger partial charge in [-0.1, -0.05) is 38.2 Å². The van der Waals surface area contributed by atoms with Crippen LogP contribution in [0.15, 0.2) is 41.7 Å². The van der Waals surface area contributed by atoms with Crippen LogP contribution in [-0.4, -0.2) is 0 Å².